The highest BCUT2D eigenvalue weighted by Gasteiger charge is 2.46. The van der Waals surface area contributed by atoms with Gasteiger partial charge in [0.15, 0.2) is 6.23 Å². The molecule has 0 saturated carbocycles. The number of nitrogens with zero attached hydrogens (tertiary/aromatic N) is 2. The number of aromatic nitrogens is 2. The Hall–Kier alpha value is -1.48. The predicted octanol–water partition coefficient (Wildman–Crippen LogP) is -0.601. The number of hydrogen-bond acceptors (Lipinski definition) is 7. The second kappa shape index (κ2) is 6.31. The van der Waals surface area contributed by atoms with Crippen LogP contribution in [0.3, 0.4) is 0 Å². The molecule has 8 heteroatoms. The minimum absolute atomic E-state index is 0.0836. The van der Waals surface area contributed by atoms with Crippen molar-refractivity contribution in [3.8, 4) is 0 Å². The third-order valence-corrected chi connectivity index (χ3v) is 3.09. The zero-order chi connectivity index (χ0) is 16.5. The van der Waals surface area contributed by atoms with Crippen LogP contribution in [-0.4, -0.2) is 55.8 Å². The van der Waals surface area contributed by atoms with Crippen LogP contribution in [0.1, 0.15) is 8.97 Å². The van der Waals surface area contributed by atoms with E-state index in [2.05, 4.69) is 4.98 Å². The lowest BCUT2D eigenvalue weighted by molar-refractivity contribution is -0.0672. The highest BCUT2D eigenvalue weighted by atomic mass is 16.6. The molecule has 1 aromatic rings. The second-order valence-electron chi connectivity index (χ2n) is 4.21. The highest BCUT2D eigenvalue weighted by Crippen LogP contribution is 2.32. The Kier molecular flexibility index (Phi) is 3.87. The molecule has 0 spiro atoms. The van der Waals surface area contributed by atoms with Crippen molar-refractivity contribution in [3.63, 3.8) is 0 Å². The van der Waals surface area contributed by atoms with Gasteiger partial charge in [0.2, 0.25) is 0 Å². The zero-order valence-electron chi connectivity index (χ0n) is 13.5. The number of hydrogen-bond donors (Lipinski definition) is 1. The molecule has 1 aliphatic rings. The number of nitrogens with two attached hydrogens (primary N) is 1. The maximum Gasteiger partial charge on any atom is 0.351 e. The molecule has 0 radical (unpaired) electrons. The molecule has 4 atom stereocenters. The monoisotopic (exact) mass is 287 g/mol. The third kappa shape index (κ3) is 2.68. The Balaban J connectivity index is 2.42. The Labute approximate surface area is 119 Å². The molecule has 1 fully saturated rings. The van der Waals surface area contributed by atoms with Gasteiger partial charge in [0.25, 0.3) is 0 Å². The van der Waals surface area contributed by atoms with Gasteiger partial charge < -0.3 is 24.7 Å². The van der Waals surface area contributed by atoms with E-state index >= 15 is 0 Å². The topological polar surface area (TPSA) is 97.8 Å². The summed E-state index contributed by atoms with van der Waals surface area (Å²) in [6.45, 7) is -2.11. The Morgan fingerprint density at radius 3 is 2.70 bits per heavy atom. The number of methoxy groups -OCH3 is 3. The quantitative estimate of drug-likeness (QED) is 0.772. The van der Waals surface area contributed by atoms with E-state index in [0.29, 0.717) is 0 Å². The molecule has 1 saturated heterocycles. The van der Waals surface area contributed by atoms with E-state index in [9.17, 15) is 4.79 Å². The van der Waals surface area contributed by atoms with Crippen LogP contribution in [0, 0.1) is 0 Å². The maximum atomic E-state index is 12.0. The Bertz CT molecular complexity index is 582. The van der Waals surface area contributed by atoms with Gasteiger partial charge in [-0.15, -0.1) is 0 Å². The molecule has 0 aromatic carbocycles. The summed E-state index contributed by atoms with van der Waals surface area (Å²) in [7, 11) is 4.06. The second-order valence-corrected chi connectivity index (χ2v) is 4.21. The predicted molar refractivity (Wildman–Crippen MR) is 70.3 cm³/mol. The molecule has 0 aliphatic carbocycles. The minimum Gasteiger partial charge on any atom is -0.383 e. The van der Waals surface area contributed by atoms with Crippen LogP contribution in [0.5, 0.6) is 0 Å². The van der Waals surface area contributed by atoms with E-state index in [1.807, 2.05) is 0 Å². The molecule has 0 bridgehead atoms. The SMILES string of the molecule is [2H]C([2H])(OC)[C@H]1O[C@@H](n2ccc(N)nc2=O)[C@H](OC)[C@@H]1OC. The van der Waals surface area contributed by atoms with E-state index in [4.69, 9.17) is 27.4 Å². The van der Waals surface area contributed by atoms with Gasteiger partial charge in [0.1, 0.15) is 24.1 Å². The fourth-order valence-electron chi connectivity index (χ4n) is 2.20. The van der Waals surface area contributed by atoms with E-state index in [0.717, 1.165) is 0 Å². The number of rotatable bonds is 5. The van der Waals surface area contributed by atoms with Gasteiger partial charge >= 0.3 is 5.69 Å². The largest absolute Gasteiger partial charge is 0.383 e. The van der Waals surface area contributed by atoms with Gasteiger partial charge in [-0.25, -0.2) is 4.79 Å². The first-order valence-corrected chi connectivity index (χ1v) is 5.96. The van der Waals surface area contributed by atoms with E-state index < -0.39 is 36.8 Å². The van der Waals surface area contributed by atoms with Crippen LogP contribution in [0.15, 0.2) is 17.1 Å². The van der Waals surface area contributed by atoms with Crippen molar-refractivity contribution in [1.29, 1.82) is 0 Å². The van der Waals surface area contributed by atoms with Crippen molar-refractivity contribution in [2.24, 2.45) is 0 Å². The maximum absolute atomic E-state index is 12.0. The van der Waals surface area contributed by atoms with Gasteiger partial charge in [-0.05, 0) is 6.07 Å². The molecule has 20 heavy (non-hydrogen) atoms. The smallest absolute Gasteiger partial charge is 0.351 e. The fraction of sp³-hybridized carbons (Fsp3) is 0.667. The highest BCUT2D eigenvalue weighted by molar-refractivity contribution is 5.23. The standard InChI is InChI=1S/C12H19N3O5/c1-17-6-7-9(18-2)10(19-3)11(20-7)15-5-4-8(13)14-12(15)16/h4-5,7,9-11H,6H2,1-3H3,(H2,13,14,16)/t7-,9-,10-,11-/m1/s1/i6D2. The lowest BCUT2D eigenvalue weighted by Crippen LogP contribution is -2.38. The molecular weight excluding hydrogens is 266 g/mol. The van der Waals surface area contributed by atoms with Crippen LogP contribution in [0.4, 0.5) is 5.82 Å². The molecule has 0 amide bonds. The molecule has 2 N–H and O–H groups in total. The molecule has 112 valence electrons. The first-order valence-electron chi connectivity index (χ1n) is 6.96. The molecule has 2 rings (SSSR count). The number of ether oxygens (including phenoxy) is 4. The fourth-order valence-corrected chi connectivity index (χ4v) is 2.20. The lowest BCUT2D eigenvalue weighted by Gasteiger charge is -2.22. The Morgan fingerprint density at radius 2 is 2.15 bits per heavy atom. The molecule has 0 unspecified atom stereocenters. The summed E-state index contributed by atoms with van der Waals surface area (Å²) in [6.07, 6.45) is -2.07. The van der Waals surface area contributed by atoms with Crippen LogP contribution in [-0.2, 0) is 18.9 Å². The van der Waals surface area contributed by atoms with Crippen molar-refractivity contribution < 1.29 is 21.7 Å². The average Bonchev–Trinajstić information content (AvgIpc) is 2.86. The summed E-state index contributed by atoms with van der Waals surface area (Å²) >= 11 is 0. The first-order chi connectivity index (χ1) is 10.4. The molecule has 8 nitrogen and oxygen atoms in total. The van der Waals surface area contributed by atoms with Crippen LogP contribution >= 0.6 is 0 Å². The van der Waals surface area contributed by atoms with Crippen molar-refractivity contribution in [3.05, 3.63) is 22.7 Å². The summed E-state index contributed by atoms with van der Waals surface area (Å²) in [5.41, 5.74) is 4.84. The summed E-state index contributed by atoms with van der Waals surface area (Å²) in [4.78, 5) is 15.6. The van der Waals surface area contributed by atoms with E-state index in [1.165, 1.54) is 38.2 Å². The molecule has 1 aliphatic heterocycles. The van der Waals surface area contributed by atoms with Gasteiger partial charge in [-0.1, -0.05) is 0 Å². The lowest BCUT2D eigenvalue weighted by atomic mass is 10.1. The van der Waals surface area contributed by atoms with Gasteiger partial charge in [-0.3, -0.25) is 4.57 Å². The van der Waals surface area contributed by atoms with Gasteiger partial charge in [0, 0.05) is 27.5 Å². The number of nitrogen functional groups attached to an aromatic ring is 1. The third-order valence-electron chi connectivity index (χ3n) is 3.09. The van der Waals surface area contributed by atoms with E-state index in [1.54, 1.807) is 0 Å². The average molecular weight is 287 g/mol. The summed E-state index contributed by atoms with van der Waals surface area (Å²) in [6, 6.07) is 1.44. The van der Waals surface area contributed by atoms with Crippen LogP contribution < -0.4 is 11.4 Å². The summed E-state index contributed by atoms with van der Waals surface area (Å²) in [5, 5.41) is 0. The van der Waals surface area contributed by atoms with E-state index in [-0.39, 0.29) is 5.82 Å². The number of anilines is 1. The van der Waals surface area contributed by atoms with Crippen LogP contribution in [0.25, 0.3) is 0 Å². The van der Waals surface area contributed by atoms with Crippen molar-refractivity contribution in [2.45, 2.75) is 24.5 Å². The normalized spacial score (nSPS) is 31.9. The minimum atomic E-state index is -2.11. The first kappa shape index (κ1) is 12.3. The van der Waals surface area contributed by atoms with Crippen LogP contribution in [0.2, 0.25) is 0 Å². The summed E-state index contributed by atoms with van der Waals surface area (Å²) in [5.74, 6) is 0.0836. The van der Waals surface area contributed by atoms with Crippen molar-refractivity contribution in [1.82, 2.24) is 9.55 Å². The Morgan fingerprint density at radius 1 is 1.45 bits per heavy atom. The van der Waals surface area contributed by atoms with Gasteiger partial charge in [0.05, 0.1) is 9.30 Å². The molecule has 1 aromatic heterocycles. The summed E-state index contributed by atoms with van der Waals surface area (Å²) < 4.78 is 38.1. The molecular formula is C12H19N3O5. The zero-order valence-corrected chi connectivity index (χ0v) is 11.5. The molecule has 2 heterocycles. The van der Waals surface area contributed by atoms with Crippen molar-refractivity contribution >= 4 is 5.82 Å². The van der Waals surface area contributed by atoms with Gasteiger partial charge in [-0.2, -0.15) is 4.98 Å². The van der Waals surface area contributed by atoms with Crippen molar-refractivity contribution in [2.75, 3.05) is 33.6 Å².